The smallest absolute Gasteiger partial charge is 0.0991 e. The molecule has 0 aliphatic rings. The largest absolute Gasteiger partial charge is 0.128 e. The molecule has 0 spiro atoms. The van der Waals surface area contributed by atoms with Crippen LogP contribution in [0, 0.1) is 0 Å². The zero-order valence-electron chi connectivity index (χ0n) is 2.83. The standard InChI is InChI=1S/C2H5Cl2P/c1-2(3,4)5/h5H2,1H3. The van der Waals surface area contributed by atoms with Gasteiger partial charge in [0.25, 0.3) is 0 Å². The maximum Gasteiger partial charge on any atom is 0.128 e. The van der Waals surface area contributed by atoms with Crippen LogP contribution in [-0.2, 0) is 0 Å². The van der Waals surface area contributed by atoms with Crippen LogP contribution in [0.2, 0.25) is 0 Å². The van der Waals surface area contributed by atoms with E-state index >= 15 is 0 Å². The first-order chi connectivity index (χ1) is 2.00. The van der Waals surface area contributed by atoms with E-state index in [1.165, 1.54) is 0 Å². The van der Waals surface area contributed by atoms with Crippen molar-refractivity contribution >= 4 is 32.4 Å². The number of hydrogen-bond acceptors (Lipinski definition) is 0. The van der Waals surface area contributed by atoms with E-state index < -0.39 is 4.07 Å². The van der Waals surface area contributed by atoms with Gasteiger partial charge in [-0.25, -0.2) is 0 Å². The zero-order valence-corrected chi connectivity index (χ0v) is 5.50. The van der Waals surface area contributed by atoms with Crippen molar-refractivity contribution in [3.63, 3.8) is 0 Å². The molecule has 0 rings (SSSR count). The maximum atomic E-state index is 5.26. The quantitative estimate of drug-likeness (QED) is 0.348. The van der Waals surface area contributed by atoms with Crippen molar-refractivity contribution in [3.05, 3.63) is 0 Å². The highest BCUT2D eigenvalue weighted by atomic mass is 35.5. The molecule has 0 fully saturated rings. The highest BCUT2D eigenvalue weighted by molar-refractivity contribution is 7.27. The maximum absolute atomic E-state index is 5.26. The van der Waals surface area contributed by atoms with Gasteiger partial charge in [-0.2, -0.15) is 0 Å². The number of alkyl halides is 2. The molecular formula is C2H5Cl2P. The second kappa shape index (κ2) is 1.64. The lowest BCUT2D eigenvalue weighted by Gasteiger charge is -1.98. The van der Waals surface area contributed by atoms with Gasteiger partial charge in [0.2, 0.25) is 0 Å². The summed E-state index contributed by atoms with van der Waals surface area (Å²) in [5.74, 6) is 0. The molecule has 0 aliphatic carbocycles. The van der Waals surface area contributed by atoms with Crippen molar-refractivity contribution in [2.24, 2.45) is 0 Å². The van der Waals surface area contributed by atoms with E-state index in [1.54, 1.807) is 6.92 Å². The van der Waals surface area contributed by atoms with Crippen LogP contribution in [0.4, 0.5) is 0 Å². The molecule has 0 nitrogen and oxygen atoms in total. The molecule has 1 unspecified atom stereocenters. The molecule has 0 aromatic rings. The molecule has 3 heteroatoms. The summed E-state index contributed by atoms with van der Waals surface area (Å²) in [6.07, 6.45) is 0. The first-order valence-corrected chi connectivity index (χ1v) is 2.50. The summed E-state index contributed by atoms with van der Waals surface area (Å²) < 4.78 is -0.639. The fraction of sp³-hybridized carbons (Fsp3) is 1.00. The zero-order chi connectivity index (χ0) is 4.50. The molecule has 0 radical (unpaired) electrons. The summed E-state index contributed by atoms with van der Waals surface area (Å²) in [6.45, 7) is 1.68. The van der Waals surface area contributed by atoms with Gasteiger partial charge in [0.15, 0.2) is 0 Å². The highest BCUT2D eigenvalue weighted by Gasteiger charge is 2.03. The van der Waals surface area contributed by atoms with E-state index in [4.69, 9.17) is 23.2 Å². The van der Waals surface area contributed by atoms with Gasteiger partial charge in [0.1, 0.15) is 4.07 Å². The molecule has 0 saturated carbocycles. The summed E-state index contributed by atoms with van der Waals surface area (Å²) in [7, 11) is 2.25. The molecule has 0 aromatic heterocycles. The summed E-state index contributed by atoms with van der Waals surface area (Å²) in [5, 5.41) is 0. The Kier molecular flexibility index (Phi) is 1.97. The van der Waals surface area contributed by atoms with E-state index in [9.17, 15) is 0 Å². The Hall–Kier alpha value is 1.01. The van der Waals surface area contributed by atoms with Crippen LogP contribution in [0.15, 0.2) is 0 Å². The summed E-state index contributed by atoms with van der Waals surface area (Å²) in [5.41, 5.74) is 0. The Balaban J connectivity index is 3.02. The molecule has 32 valence electrons. The fourth-order valence-corrected chi connectivity index (χ4v) is 0. The lowest BCUT2D eigenvalue weighted by Crippen LogP contribution is -1.86. The molecule has 0 amide bonds. The topological polar surface area (TPSA) is 0 Å². The van der Waals surface area contributed by atoms with Crippen LogP contribution < -0.4 is 0 Å². The van der Waals surface area contributed by atoms with Crippen LogP contribution in [0.3, 0.4) is 0 Å². The predicted molar refractivity (Wildman–Crippen MR) is 29.8 cm³/mol. The Labute approximate surface area is 44.0 Å². The lowest BCUT2D eigenvalue weighted by atomic mass is 10.9. The lowest BCUT2D eigenvalue weighted by molar-refractivity contribution is 1.29. The Morgan fingerprint density at radius 1 is 1.60 bits per heavy atom. The number of rotatable bonds is 0. The molecular weight excluding hydrogens is 126 g/mol. The molecule has 5 heavy (non-hydrogen) atoms. The first-order valence-electron chi connectivity index (χ1n) is 1.17. The van der Waals surface area contributed by atoms with Gasteiger partial charge in [-0.3, -0.25) is 0 Å². The van der Waals surface area contributed by atoms with Crippen LogP contribution in [0.5, 0.6) is 0 Å². The van der Waals surface area contributed by atoms with Crippen LogP contribution in [0.1, 0.15) is 6.92 Å². The van der Waals surface area contributed by atoms with Gasteiger partial charge in [-0.15, -0.1) is 0 Å². The molecule has 1 atom stereocenters. The van der Waals surface area contributed by atoms with Gasteiger partial charge in [-0.05, 0) is 6.92 Å². The van der Waals surface area contributed by atoms with Crippen LogP contribution >= 0.6 is 32.4 Å². The van der Waals surface area contributed by atoms with E-state index in [-0.39, 0.29) is 0 Å². The first kappa shape index (κ1) is 6.01. The molecule has 0 saturated heterocycles. The third-order valence-electron chi connectivity index (χ3n) is 0. The fourth-order valence-electron chi connectivity index (χ4n) is 0. The van der Waals surface area contributed by atoms with Gasteiger partial charge in [-0.1, -0.05) is 32.4 Å². The van der Waals surface area contributed by atoms with Crippen molar-refractivity contribution in [1.82, 2.24) is 0 Å². The second-order valence-corrected chi connectivity index (χ2v) is 4.61. The monoisotopic (exact) mass is 130 g/mol. The van der Waals surface area contributed by atoms with E-state index in [0.717, 1.165) is 0 Å². The highest BCUT2D eigenvalue weighted by Crippen LogP contribution is 2.26. The Bertz CT molecular complexity index is 23.1. The minimum atomic E-state index is -0.639. The predicted octanol–water partition coefficient (Wildman–Crippen LogP) is 2.01. The van der Waals surface area contributed by atoms with Gasteiger partial charge >= 0.3 is 0 Å². The minimum Gasteiger partial charge on any atom is -0.0991 e. The van der Waals surface area contributed by atoms with Crippen molar-refractivity contribution in [3.8, 4) is 0 Å². The molecule has 0 N–H and O–H groups in total. The van der Waals surface area contributed by atoms with E-state index in [2.05, 4.69) is 9.24 Å². The van der Waals surface area contributed by atoms with Gasteiger partial charge in [0, 0.05) is 0 Å². The van der Waals surface area contributed by atoms with Crippen LogP contribution in [0.25, 0.3) is 0 Å². The number of halogens is 2. The summed E-state index contributed by atoms with van der Waals surface area (Å²) >= 11 is 10.5. The second-order valence-electron chi connectivity index (χ2n) is 0.956. The van der Waals surface area contributed by atoms with Crippen molar-refractivity contribution in [2.75, 3.05) is 0 Å². The average Bonchev–Trinajstić information content (AvgIpc) is 0.722. The molecule has 0 aromatic carbocycles. The van der Waals surface area contributed by atoms with Crippen molar-refractivity contribution in [1.29, 1.82) is 0 Å². The van der Waals surface area contributed by atoms with E-state index in [0.29, 0.717) is 0 Å². The molecule has 0 heterocycles. The normalized spacial score (nSPS) is 12.0. The third kappa shape index (κ3) is 44.5. The minimum absolute atomic E-state index is 0.639. The van der Waals surface area contributed by atoms with E-state index in [1.807, 2.05) is 0 Å². The summed E-state index contributed by atoms with van der Waals surface area (Å²) in [6, 6.07) is 0. The summed E-state index contributed by atoms with van der Waals surface area (Å²) in [4.78, 5) is 0. The Morgan fingerprint density at radius 2 is 1.60 bits per heavy atom. The van der Waals surface area contributed by atoms with Gasteiger partial charge < -0.3 is 0 Å². The molecule has 0 bridgehead atoms. The third-order valence-corrected chi connectivity index (χ3v) is 0. The van der Waals surface area contributed by atoms with Crippen molar-refractivity contribution < 1.29 is 0 Å². The van der Waals surface area contributed by atoms with Crippen LogP contribution in [-0.4, -0.2) is 4.07 Å². The SMILES string of the molecule is CC(P)(Cl)Cl. The van der Waals surface area contributed by atoms with Gasteiger partial charge in [0.05, 0.1) is 0 Å². The van der Waals surface area contributed by atoms with Crippen molar-refractivity contribution in [2.45, 2.75) is 11.0 Å². The Morgan fingerprint density at radius 3 is 1.60 bits per heavy atom. The molecule has 0 aliphatic heterocycles. The average molecular weight is 131 g/mol. The number of hydrogen-bond donors (Lipinski definition) is 0.